The van der Waals surface area contributed by atoms with E-state index >= 15 is 0 Å². The molecule has 1 aromatic heterocycles. The van der Waals surface area contributed by atoms with Crippen LogP contribution < -0.4 is 4.74 Å². The number of rotatable bonds is 6. The van der Waals surface area contributed by atoms with Gasteiger partial charge in [0.15, 0.2) is 0 Å². The molecule has 1 aliphatic heterocycles. The quantitative estimate of drug-likeness (QED) is 0.489. The summed E-state index contributed by atoms with van der Waals surface area (Å²) in [6.45, 7) is 5.40. The molecule has 2 aromatic carbocycles. The van der Waals surface area contributed by atoms with E-state index in [1.165, 1.54) is 22.7 Å². The minimum atomic E-state index is -3.26. The molecule has 0 spiro atoms. The van der Waals surface area contributed by atoms with Gasteiger partial charge in [0.25, 0.3) is 0 Å². The molecule has 0 radical (unpaired) electrons. The van der Waals surface area contributed by atoms with E-state index in [0.717, 1.165) is 22.1 Å². The Kier molecular flexibility index (Phi) is 6.77. The van der Waals surface area contributed by atoms with Crippen LogP contribution in [0, 0.1) is 5.82 Å². The molecule has 2 heterocycles. The standard InChI is InChI=1S/C25H27FN2O5S/c1-4-32-23-15-24-21(22(16-33-24)18-5-7-19(26)8-6-18)14-20(23)17(2)13-25(29)27-9-11-28(12-10-27)34(3,30)31/h5-8,13-16H,4,9-12H2,1-3H3/b17-13+. The number of hydrogen-bond donors (Lipinski definition) is 0. The Balaban J connectivity index is 1.65. The van der Waals surface area contributed by atoms with E-state index in [-0.39, 0.29) is 24.8 Å². The zero-order chi connectivity index (χ0) is 24.5. The van der Waals surface area contributed by atoms with Crippen LogP contribution >= 0.6 is 0 Å². The van der Waals surface area contributed by atoms with Crippen molar-refractivity contribution in [1.82, 2.24) is 9.21 Å². The second kappa shape index (κ2) is 9.60. The van der Waals surface area contributed by atoms with Crippen LogP contribution in [0.2, 0.25) is 0 Å². The van der Waals surface area contributed by atoms with Crippen LogP contribution in [0.3, 0.4) is 0 Å². The Morgan fingerprint density at radius 3 is 2.44 bits per heavy atom. The van der Waals surface area contributed by atoms with E-state index in [2.05, 4.69) is 0 Å². The smallest absolute Gasteiger partial charge is 0.246 e. The van der Waals surface area contributed by atoms with E-state index in [9.17, 15) is 17.6 Å². The van der Waals surface area contributed by atoms with E-state index in [1.54, 1.807) is 35.4 Å². The maximum atomic E-state index is 13.4. The lowest BCUT2D eigenvalue weighted by molar-refractivity contribution is -0.127. The molecular weight excluding hydrogens is 459 g/mol. The van der Waals surface area contributed by atoms with Crippen molar-refractivity contribution in [3.05, 3.63) is 60.1 Å². The van der Waals surface area contributed by atoms with Gasteiger partial charge < -0.3 is 14.1 Å². The maximum Gasteiger partial charge on any atom is 0.246 e. The highest BCUT2D eigenvalue weighted by atomic mass is 32.2. The van der Waals surface area contributed by atoms with Gasteiger partial charge >= 0.3 is 0 Å². The second-order valence-electron chi connectivity index (χ2n) is 8.25. The summed E-state index contributed by atoms with van der Waals surface area (Å²) in [5, 5.41) is 0.826. The molecule has 0 atom stereocenters. The van der Waals surface area contributed by atoms with Crippen molar-refractivity contribution in [1.29, 1.82) is 0 Å². The summed E-state index contributed by atoms with van der Waals surface area (Å²) in [5.41, 5.74) is 3.73. The average molecular weight is 487 g/mol. The number of hydrogen-bond acceptors (Lipinski definition) is 5. The zero-order valence-electron chi connectivity index (χ0n) is 19.4. The Morgan fingerprint density at radius 2 is 1.82 bits per heavy atom. The highest BCUT2D eigenvalue weighted by molar-refractivity contribution is 7.88. The molecule has 3 aromatic rings. The van der Waals surface area contributed by atoms with E-state index in [1.807, 2.05) is 19.9 Å². The molecular formula is C25H27FN2O5S. The molecule has 1 saturated heterocycles. The van der Waals surface area contributed by atoms with E-state index in [4.69, 9.17) is 9.15 Å². The monoisotopic (exact) mass is 486 g/mol. The molecule has 0 unspecified atom stereocenters. The first-order chi connectivity index (χ1) is 16.2. The van der Waals surface area contributed by atoms with Crippen molar-refractivity contribution < 1.29 is 26.8 Å². The van der Waals surface area contributed by atoms with Crippen molar-refractivity contribution in [3.8, 4) is 16.9 Å². The highest BCUT2D eigenvalue weighted by Gasteiger charge is 2.25. The van der Waals surface area contributed by atoms with Gasteiger partial charge in [0.2, 0.25) is 15.9 Å². The van der Waals surface area contributed by atoms with Crippen LogP contribution in [0.1, 0.15) is 19.4 Å². The van der Waals surface area contributed by atoms with Gasteiger partial charge in [-0.2, -0.15) is 4.31 Å². The molecule has 34 heavy (non-hydrogen) atoms. The second-order valence-corrected chi connectivity index (χ2v) is 10.2. The third-order valence-corrected chi connectivity index (χ3v) is 7.22. The van der Waals surface area contributed by atoms with Crippen molar-refractivity contribution in [2.75, 3.05) is 39.0 Å². The van der Waals surface area contributed by atoms with Crippen molar-refractivity contribution >= 4 is 32.5 Å². The lowest BCUT2D eigenvalue weighted by atomic mass is 9.99. The number of allylic oxidation sites excluding steroid dienone is 1. The highest BCUT2D eigenvalue weighted by Crippen LogP contribution is 2.37. The summed E-state index contributed by atoms with van der Waals surface area (Å²) in [4.78, 5) is 14.6. The Morgan fingerprint density at radius 1 is 1.15 bits per heavy atom. The minimum Gasteiger partial charge on any atom is -0.493 e. The lowest BCUT2D eigenvalue weighted by Gasteiger charge is -2.32. The summed E-state index contributed by atoms with van der Waals surface area (Å²) in [6.07, 6.45) is 4.36. The normalized spacial score (nSPS) is 15.6. The molecule has 180 valence electrons. The third kappa shape index (κ3) is 5.00. The third-order valence-electron chi connectivity index (χ3n) is 5.91. The number of furan rings is 1. The molecule has 0 saturated carbocycles. The van der Waals surface area contributed by atoms with Gasteiger partial charge in [0.05, 0.1) is 19.1 Å². The van der Waals surface area contributed by atoms with Crippen LogP contribution in [0.4, 0.5) is 4.39 Å². The Bertz CT molecular complexity index is 1340. The van der Waals surface area contributed by atoms with Gasteiger partial charge in [-0.25, -0.2) is 12.8 Å². The number of ether oxygens (including phenoxy) is 1. The lowest BCUT2D eigenvalue weighted by Crippen LogP contribution is -2.49. The largest absolute Gasteiger partial charge is 0.493 e. The predicted molar refractivity (Wildman–Crippen MR) is 129 cm³/mol. The first-order valence-electron chi connectivity index (χ1n) is 11.0. The molecule has 1 aliphatic rings. The minimum absolute atomic E-state index is 0.181. The van der Waals surface area contributed by atoms with Crippen LogP contribution in [-0.4, -0.2) is 62.6 Å². The molecule has 1 amide bonds. The van der Waals surface area contributed by atoms with Crippen LogP contribution in [-0.2, 0) is 14.8 Å². The van der Waals surface area contributed by atoms with Crippen LogP contribution in [0.5, 0.6) is 5.75 Å². The van der Waals surface area contributed by atoms with Crippen molar-refractivity contribution in [2.24, 2.45) is 0 Å². The fraction of sp³-hybridized carbons (Fsp3) is 0.320. The van der Waals surface area contributed by atoms with Gasteiger partial charge in [-0.15, -0.1) is 0 Å². The summed E-state index contributed by atoms with van der Waals surface area (Å²) in [6, 6.07) is 9.90. The van der Waals surface area contributed by atoms with Gasteiger partial charge in [-0.05, 0) is 43.2 Å². The van der Waals surface area contributed by atoms with Crippen molar-refractivity contribution in [2.45, 2.75) is 13.8 Å². The predicted octanol–water partition coefficient (Wildman–Crippen LogP) is 4.14. The molecule has 1 fully saturated rings. The topological polar surface area (TPSA) is 80.1 Å². The number of carbonyl (C=O) groups is 1. The number of fused-ring (bicyclic) bond motifs is 1. The Hall–Kier alpha value is -3.17. The molecule has 4 rings (SSSR count). The van der Waals surface area contributed by atoms with Gasteiger partial charge in [-0.3, -0.25) is 4.79 Å². The molecule has 0 bridgehead atoms. The van der Waals surface area contributed by atoms with Gasteiger partial charge in [0.1, 0.15) is 17.1 Å². The maximum absolute atomic E-state index is 13.4. The van der Waals surface area contributed by atoms with Gasteiger partial charge in [-0.1, -0.05) is 12.1 Å². The fourth-order valence-electron chi connectivity index (χ4n) is 4.09. The van der Waals surface area contributed by atoms with Crippen LogP contribution in [0.25, 0.3) is 27.7 Å². The average Bonchev–Trinajstić information content (AvgIpc) is 3.21. The van der Waals surface area contributed by atoms with E-state index in [0.29, 0.717) is 36.6 Å². The molecule has 7 nitrogen and oxygen atoms in total. The Labute approximate surface area is 198 Å². The number of benzene rings is 2. The zero-order valence-corrected chi connectivity index (χ0v) is 20.2. The first-order valence-corrected chi connectivity index (χ1v) is 12.9. The SMILES string of the molecule is CCOc1cc2occ(-c3ccc(F)cc3)c2cc1/C(C)=C/C(=O)N1CCN(S(C)(=O)=O)CC1. The fourth-order valence-corrected chi connectivity index (χ4v) is 4.91. The number of piperazine rings is 1. The van der Waals surface area contributed by atoms with E-state index < -0.39 is 10.0 Å². The molecule has 0 aliphatic carbocycles. The number of carbonyl (C=O) groups excluding carboxylic acids is 1. The number of nitrogens with zero attached hydrogens (tertiary/aromatic N) is 2. The number of halogens is 1. The summed E-state index contributed by atoms with van der Waals surface area (Å²) < 4.78 is 49.8. The van der Waals surface area contributed by atoms with Gasteiger partial charge in [0, 0.05) is 54.8 Å². The first kappa shape index (κ1) is 24.0. The van der Waals surface area contributed by atoms with Crippen LogP contribution in [0.15, 0.2) is 53.2 Å². The summed E-state index contributed by atoms with van der Waals surface area (Å²) in [7, 11) is -3.26. The summed E-state index contributed by atoms with van der Waals surface area (Å²) in [5.74, 6) is 0.100. The number of sulfonamides is 1. The van der Waals surface area contributed by atoms with Crippen molar-refractivity contribution in [3.63, 3.8) is 0 Å². The summed E-state index contributed by atoms with van der Waals surface area (Å²) >= 11 is 0. The molecule has 0 N–H and O–H groups in total. The number of amides is 1. The molecule has 9 heteroatoms.